The Labute approximate surface area is 118 Å². The molecule has 0 bridgehead atoms. The molecule has 0 aliphatic heterocycles. The van der Waals surface area contributed by atoms with E-state index in [1.54, 1.807) is 6.07 Å². The van der Waals surface area contributed by atoms with Gasteiger partial charge in [0.15, 0.2) is 0 Å². The number of nitrogens with two attached hydrogens (primary N) is 1. The van der Waals surface area contributed by atoms with E-state index in [1.807, 2.05) is 6.07 Å². The average molecular weight is 273 g/mol. The summed E-state index contributed by atoms with van der Waals surface area (Å²) < 4.78 is 5.41. The third-order valence-electron chi connectivity index (χ3n) is 3.14. The molecule has 0 spiro atoms. The van der Waals surface area contributed by atoms with Crippen LogP contribution in [-0.2, 0) is 6.54 Å². The van der Waals surface area contributed by atoms with E-state index >= 15 is 0 Å². The minimum absolute atomic E-state index is 0.349. The molecule has 5 heteroatoms. The molecule has 106 valence electrons. The quantitative estimate of drug-likeness (QED) is 0.498. The zero-order chi connectivity index (χ0) is 14.5. The van der Waals surface area contributed by atoms with Crippen molar-refractivity contribution in [2.45, 2.75) is 20.4 Å². The molecule has 20 heavy (non-hydrogen) atoms. The Morgan fingerprint density at radius 2 is 2.20 bits per heavy atom. The zero-order valence-electron chi connectivity index (χ0n) is 11.7. The molecule has 3 N–H and O–H groups in total. The van der Waals surface area contributed by atoms with E-state index in [4.69, 9.17) is 10.3 Å². The number of hydrogen-bond donors (Lipinski definition) is 2. The van der Waals surface area contributed by atoms with E-state index in [9.17, 15) is 4.79 Å². The van der Waals surface area contributed by atoms with Crippen LogP contribution in [0.3, 0.4) is 0 Å². The van der Waals surface area contributed by atoms with Gasteiger partial charge in [-0.2, -0.15) is 0 Å². The number of hydrogen-bond acceptors (Lipinski definition) is 4. The van der Waals surface area contributed by atoms with Crippen molar-refractivity contribution in [3.63, 3.8) is 0 Å². The maximum Gasteiger partial charge on any atom is 0.268 e. The maximum atomic E-state index is 11.4. The molecule has 0 saturated heterocycles. The predicted octanol–water partition coefficient (Wildman–Crippen LogP) is 2.22. The fraction of sp³-hybridized carbons (Fsp3) is 0.267. The molecule has 1 aromatic carbocycles. The van der Waals surface area contributed by atoms with Crippen LogP contribution in [0.1, 0.15) is 28.6 Å². The van der Waals surface area contributed by atoms with Crippen LogP contribution in [0.25, 0.3) is 0 Å². The van der Waals surface area contributed by atoms with Gasteiger partial charge in [-0.05, 0) is 37.6 Å². The average Bonchev–Trinajstić information content (AvgIpc) is 2.92. The van der Waals surface area contributed by atoms with Crippen molar-refractivity contribution in [2.24, 2.45) is 5.84 Å². The van der Waals surface area contributed by atoms with Crippen LogP contribution < -0.4 is 16.2 Å². The van der Waals surface area contributed by atoms with Crippen molar-refractivity contribution in [1.82, 2.24) is 5.43 Å². The van der Waals surface area contributed by atoms with Gasteiger partial charge in [-0.15, -0.1) is 0 Å². The first-order valence-corrected chi connectivity index (χ1v) is 6.54. The van der Waals surface area contributed by atoms with Gasteiger partial charge in [-0.25, -0.2) is 5.84 Å². The Balaban J connectivity index is 2.14. The second-order valence-electron chi connectivity index (χ2n) is 4.63. The van der Waals surface area contributed by atoms with Crippen molar-refractivity contribution >= 4 is 11.6 Å². The van der Waals surface area contributed by atoms with Crippen LogP contribution in [0.5, 0.6) is 0 Å². The number of amides is 1. The highest BCUT2D eigenvalue weighted by atomic mass is 16.3. The fourth-order valence-corrected chi connectivity index (χ4v) is 2.06. The number of rotatable bonds is 5. The molecule has 1 heterocycles. The van der Waals surface area contributed by atoms with E-state index in [0.717, 1.165) is 18.0 Å². The van der Waals surface area contributed by atoms with Crippen LogP contribution >= 0.6 is 0 Å². The largest absolute Gasteiger partial charge is 0.467 e. The van der Waals surface area contributed by atoms with Gasteiger partial charge in [-0.1, -0.05) is 12.1 Å². The number of hydrazine groups is 1. The van der Waals surface area contributed by atoms with Crippen LogP contribution in [-0.4, -0.2) is 12.5 Å². The summed E-state index contributed by atoms with van der Waals surface area (Å²) in [4.78, 5) is 13.6. The number of benzene rings is 1. The lowest BCUT2D eigenvalue weighted by Gasteiger charge is -2.22. The summed E-state index contributed by atoms with van der Waals surface area (Å²) in [5, 5.41) is 0. The lowest BCUT2D eigenvalue weighted by atomic mass is 10.2. The number of nitrogens with one attached hydrogen (secondary N) is 1. The molecule has 0 saturated carbocycles. The first kappa shape index (κ1) is 14.1. The van der Waals surface area contributed by atoms with Gasteiger partial charge in [0.1, 0.15) is 12.0 Å². The zero-order valence-corrected chi connectivity index (χ0v) is 11.7. The Bertz CT molecular complexity index is 592. The number of furan rings is 1. The van der Waals surface area contributed by atoms with Gasteiger partial charge in [-0.3, -0.25) is 10.2 Å². The van der Waals surface area contributed by atoms with E-state index in [2.05, 4.69) is 42.4 Å². The van der Waals surface area contributed by atoms with Crippen LogP contribution in [0.2, 0.25) is 0 Å². The van der Waals surface area contributed by atoms with Gasteiger partial charge >= 0.3 is 0 Å². The maximum absolute atomic E-state index is 11.4. The van der Waals surface area contributed by atoms with Gasteiger partial charge < -0.3 is 9.32 Å². The van der Waals surface area contributed by atoms with Crippen molar-refractivity contribution in [1.29, 1.82) is 0 Å². The number of carbonyl (C=O) groups excluding carboxylic acids is 1. The number of anilines is 1. The number of nitrogen functional groups attached to an aromatic ring is 1. The number of nitrogens with zero attached hydrogens (tertiary/aromatic N) is 1. The summed E-state index contributed by atoms with van der Waals surface area (Å²) in [6.07, 6.45) is 1.42. The van der Waals surface area contributed by atoms with Crippen molar-refractivity contribution in [3.05, 3.63) is 53.5 Å². The highest BCUT2D eigenvalue weighted by Gasteiger charge is 2.12. The first-order chi connectivity index (χ1) is 9.63. The Morgan fingerprint density at radius 1 is 1.40 bits per heavy atom. The summed E-state index contributed by atoms with van der Waals surface area (Å²) in [5.41, 5.74) is 4.87. The Kier molecular flexibility index (Phi) is 4.42. The van der Waals surface area contributed by atoms with Crippen LogP contribution in [0.4, 0.5) is 5.69 Å². The first-order valence-electron chi connectivity index (χ1n) is 6.54. The topological polar surface area (TPSA) is 71.5 Å². The Morgan fingerprint density at radius 3 is 2.85 bits per heavy atom. The van der Waals surface area contributed by atoms with Crippen LogP contribution in [0, 0.1) is 6.92 Å². The Hall–Kier alpha value is -2.27. The van der Waals surface area contributed by atoms with Gasteiger partial charge in [0.25, 0.3) is 5.91 Å². The summed E-state index contributed by atoms with van der Waals surface area (Å²) in [6, 6.07) is 9.99. The molecule has 0 fully saturated rings. The van der Waals surface area contributed by atoms with Crippen LogP contribution in [0.15, 0.2) is 41.0 Å². The highest BCUT2D eigenvalue weighted by Crippen LogP contribution is 2.19. The molecule has 0 unspecified atom stereocenters. The third kappa shape index (κ3) is 3.19. The van der Waals surface area contributed by atoms with Crippen molar-refractivity contribution < 1.29 is 9.21 Å². The summed E-state index contributed by atoms with van der Waals surface area (Å²) in [5.74, 6) is 5.48. The molecule has 5 nitrogen and oxygen atoms in total. The molecular weight excluding hydrogens is 254 g/mol. The third-order valence-corrected chi connectivity index (χ3v) is 3.14. The monoisotopic (exact) mass is 273 g/mol. The smallest absolute Gasteiger partial charge is 0.268 e. The SMILES string of the molecule is CCN(Cc1cc(C(=O)NN)co1)c1cccc(C)c1. The van der Waals surface area contributed by atoms with E-state index in [-0.39, 0.29) is 5.91 Å². The molecule has 1 aromatic heterocycles. The molecule has 2 aromatic rings. The molecule has 1 amide bonds. The lowest BCUT2D eigenvalue weighted by Crippen LogP contribution is -2.29. The summed E-state index contributed by atoms with van der Waals surface area (Å²) in [7, 11) is 0. The molecule has 0 radical (unpaired) electrons. The minimum Gasteiger partial charge on any atom is -0.467 e. The van der Waals surface area contributed by atoms with Crippen molar-refractivity contribution in [3.8, 4) is 0 Å². The number of aryl methyl sites for hydroxylation is 1. The highest BCUT2D eigenvalue weighted by molar-refractivity contribution is 5.93. The second-order valence-corrected chi connectivity index (χ2v) is 4.63. The fourth-order valence-electron chi connectivity index (χ4n) is 2.06. The summed E-state index contributed by atoms with van der Waals surface area (Å²) in [6.45, 7) is 5.60. The standard InChI is InChI=1S/C15H19N3O2/c1-3-18(13-6-4-5-11(2)7-13)9-14-8-12(10-20-14)15(19)17-16/h4-8,10H,3,9,16H2,1-2H3,(H,17,19). The second kappa shape index (κ2) is 6.25. The van der Waals surface area contributed by atoms with Gasteiger partial charge in [0.05, 0.1) is 12.1 Å². The van der Waals surface area contributed by atoms with E-state index in [1.165, 1.54) is 11.8 Å². The number of carbonyl (C=O) groups is 1. The van der Waals surface area contributed by atoms with Gasteiger partial charge in [0.2, 0.25) is 0 Å². The minimum atomic E-state index is -0.349. The molecule has 0 aliphatic carbocycles. The molecule has 0 aliphatic rings. The van der Waals surface area contributed by atoms with Crippen molar-refractivity contribution in [2.75, 3.05) is 11.4 Å². The van der Waals surface area contributed by atoms with E-state index in [0.29, 0.717) is 12.1 Å². The molecule has 2 rings (SSSR count). The summed E-state index contributed by atoms with van der Waals surface area (Å²) >= 11 is 0. The molecular formula is C15H19N3O2. The lowest BCUT2D eigenvalue weighted by molar-refractivity contribution is 0.0953. The van der Waals surface area contributed by atoms with Gasteiger partial charge in [0, 0.05) is 12.2 Å². The normalized spacial score (nSPS) is 10.3. The molecule has 0 atom stereocenters. The van der Waals surface area contributed by atoms with E-state index < -0.39 is 0 Å². The predicted molar refractivity (Wildman–Crippen MR) is 78.3 cm³/mol.